The first-order valence-electron chi connectivity index (χ1n) is 11.1. The molecule has 0 bridgehead atoms. The molecule has 3 aromatic rings. The van der Waals surface area contributed by atoms with E-state index in [0.29, 0.717) is 12.4 Å². The summed E-state index contributed by atoms with van der Waals surface area (Å²) in [5.41, 5.74) is 4.21. The summed E-state index contributed by atoms with van der Waals surface area (Å²) in [4.78, 5) is 29.4. The zero-order valence-electron chi connectivity index (χ0n) is 18.1. The molecule has 1 aliphatic carbocycles. The molecule has 1 saturated carbocycles. The van der Waals surface area contributed by atoms with Gasteiger partial charge >= 0.3 is 5.69 Å². The van der Waals surface area contributed by atoms with Crippen LogP contribution in [0.3, 0.4) is 0 Å². The Kier molecular flexibility index (Phi) is 5.39. The molecule has 7 nitrogen and oxygen atoms in total. The van der Waals surface area contributed by atoms with E-state index in [1.54, 1.807) is 11.7 Å². The minimum Gasteiger partial charge on any atom is -0.497 e. The number of nitrogens with zero attached hydrogens (tertiary/aromatic N) is 2. The molecule has 1 aromatic heterocycles. The van der Waals surface area contributed by atoms with Crippen LogP contribution in [0.25, 0.3) is 11.3 Å². The van der Waals surface area contributed by atoms with Crippen LogP contribution >= 0.6 is 0 Å². The van der Waals surface area contributed by atoms with Gasteiger partial charge in [-0.2, -0.15) is 4.98 Å². The number of amides is 1. The second-order valence-electron chi connectivity index (χ2n) is 8.41. The van der Waals surface area contributed by atoms with Gasteiger partial charge in [0.15, 0.2) is 0 Å². The molecule has 1 aliphatic heterocycles. The topological polar surface area (TPSA) is 85.2 Å². The molecule has 1 fully saturated rings. The summed E-state index contributed by atoms with van der Waals surface area (Å²) in [6, 6.07) is 15.3. The fourth-order valence-corrected chi connectivity index (χ4v) is 4.65. The molecule has 7 heteroatoms. The van der Waals surface area contributed by atoms with Gasteiger partial charge in [-0.3, -0.25) is 9.36 Å². The van der Waals surface area contributed by atoms with Gasteiger partial charge in [-0.05, 0) is 61.2 Å². The van der Waals surface area contributed by atoms with E-state index in [2.05, 4.69) is 15.6 Å². The standard InChI is InChI=1S/C25H26N4O3/c1-32-20-9-10-21-17(13-20)11-12-29-22(21)15-23(28-25(29)31)26-18-7-4-8-19(14-18)27-24(30)16-5-2-3-6-16/h4,7-10,13-16H,2-3,5-6,11-12H2,1H3,(H,27,30)(H,26,28,31). The second-order valence-corrected chi connectivity index (χ2v) is 8.41. The van der Waals surface area contributed by atoms with Crippen LogP contribution in [0.4, 0.5) is 17.2 Å². The molecular weight excluding hydrogens is 404 g/mol. The van der Waals surface area contributed by atoms with E-state index in [-0.39, 0.29) is 17.5 Å². The zero-order valence-corrected chi connectivity index (χ0v) is 18.1. The highest BCUT2D eigenvalue weighted by Gasteiger charge is 2.23. The first-order chi connectivity index (χ1) is 15.6. The highest BCUT2D eigenvalue weighted by atomic mass is 16.5. The number of hydrogen-bond acceptors (Lipinski definition) is 5. The highest BCUT2D eigenvalue weighted by Crippen LogP contribution is 2.32. The van der Waals surface area contributed by atoms with Gasteiger partial charge in [-0.1, -0.05) is 18.9 Å². The number of ether oxygens (including phenoxy) is 1. The quantitative estimate of drug-likeness (QED) is 0.629. The van der Waals surface area contributed by atoms with Crippen molar-refractivity contribution in [2.24, 2.45) is 5.92 Å². The van der Waals surface area contributed by atoms with Crippen LogP contribution in [0.1, 0.15) is 31.2 Å². The maximum absolute atomic E-state index is 12.7. The second kappa shape index (κ2) is 8.49. The number of benzene rings is 2. The molecule has 164 valence electrons. The van der Waals surface area contributed by atoms with E-state index < -0.39 is 0 Å². The Balaban J connectivity index is 1.40. The summed E-state index contributed by atoms with van der Waals surface area (Å²) in [5, 5.41) is 6.25. The predicted octanol–water partition coefficient (Wildman–Crippen LogP) is 4.35. The van der Waals surface area contributed by atoms with E-state index in [1.165, 1.54) is 0 Å². The van der Waals surface area contributed by atoms with Crippen LogP contribution in [-0.4, -0.2) is 22.6 Å². The number of hydrogen-bond donors (Lipinski definition) is 2. The molecule has 2 N–H and O–H groups in total. The van der Waals surface area contributed by atoms with Crippen LogP contribution in [0, 0.1) is 5.92 Å². The normalized spacial score (nSPS) is 15.0. The molecule has 1 amide bonds. The van der Waals surface area contributed by atoms with Crippen molar-refractivity contribution in [3.8, 4) is 17.0 Å². The third kappa shape index (κ3) is 3.98. The van der Waals surface area contributed by atoms with Gasteiger partial charge in [0.1, 0.15) is 11.6 Å². The van der Waals surface area contributed by atoms with Crippen LogP contribution < -0.4 is 21.1 Å². The SMILES string of the molecule is COc1ccc2c(c1)CCn1c-2cc(Nc2cccc(NC(=O)C3CCCC3)c2)nc1=O. The number of aryl methyl sites for hydroxylation is 1. The summed E-state index contributed by atoms with van der Waals surface area (Å²) in [7, 11) is 1.65. The molecule has 0 saturated heterocycles. The van der Waals surface area contributed by atoms with Crippen molar-refractivity contribution < 1.29 is 9.53 Å². The first-order valence-corrected chi connectivity index (χ1v) is 11.1. The van der Waals surface area contributed by atoms with Gasteiger partial charge in [0.05, 0.1) is 12.8 Å². The van der Waals surface area contributed by atoms with Crippen LogP contribution in [0.2, 0.25) is 0 Å². The van der Waals surface area contributed by atoms with E-state index in [1.807, 2.05) is 48.5 Å². The fraction of sp³-hybridized carbons (Fsp3) is 0.320. The van der Waals surface area contributed by atoms with Gasteiger partial charge in [-0.15, -0.1) is 0 Å². The van der Waals surface area contributed by atoms with Gasteiger partial charge in [0.25, 0.3) is 0 Å². The lowest BCUT2D eigenvalue weighted by Gasteiger charge is -2.22. The number of rotatable bonds is 5. The van der Waals surface area contributed by atoms with E-state index in [0.717, 1.165) is 66.0 Å². The highest BCUT2D eigenvalue weighted by molar-refractivity contribution is 5.93. The number of anilines is 3. The van der Waals surface area contributed by atoms with Crippen molar-refractivity contribution in [2.45, 2.75) is 38.6 Å². The number of aromatic nitrogens is 2. The third-order valence-electron chi connectivity index (χ3n) is 6.33. The van der Waals surface area contributed by atoms with Crippen LogP contribution in [0.5, 0.6) is 5.75 Å². The lowest BCUT2D eigenvalue weighted by molar-refractivity contribution is -0.119. The molecule has 2 aliphatic rings. The average molecular weight is 431 g/mol. The average Bonchev–Trinajstić information content (AvgIpc) is 3.34. The van der Waals surface area contributed by atoms with Crippen molar-refractivity contribution in [1.29, 1.82) is 0 Å². The van der Waals surface area contributed by atoms with Gasteiger partial charge in [0.2, 0.25) is 5.91 Å². The molecule has 5 rings (SSSR count). The van der Waals surface area contributed by atoms with Gasteiger partial charge in [0, 0.05) is 35.5 Å². The summed E-state index contributed by atoms with van der Waals surface area (Å²) >= 11 is 0. The molecule has 2 heterocycles. The number of carbonyl (C=O) groups is 1. The zero-order chi connectivity index (χ0) is 22.1. The van der Waals surface area contributed by atoms with Crippen LogP contribution in [0.15, 0.2) is 53.3 Å². The monoisotopic (exact) mass is 430 g/mol. The van der Waals surface area contributed by atoms with E-state index in [4.69, 9.17) is 4.74 Å². The third-order valence-corrected chi connectivity index (χ3v) is 6.33. The maximum Gasteiger partial charge on any atom is 0.350 e. The van der Waals surface area contributed by atoms with Crippen LogP contribution in [-0.2, 0) is 17.8 Å². The molecule has 0 spiro atoms. The largest absolute Gasteiger partial charge is 0.497 e. The summed E-state index contributed by atoms with van der Waals surface area (Å²) in [6.45, 7) is 0.588. The molecule has 0 unspecified atom stereocenters. The minimum atomic E-state index is -0.280. The smallest absolute Gasteiger partial charge is 0.350 e. The lowest BCUT2D eigenvalue weighted by atomic mass is 9.97. The van der Waals surface area contributed by atoms with Crippen molar-refractivity contribution >= 4 is 23.1 Å². The predicted molar refractivity (Wildman–Crippen MR) is 125 cm³/mol. The van der Waals surface area contributed by atoms with E-state index >= 15 is 0 Å². The van der Waals surface area contributed by atoms with Crippen molar-refractivity contribution in [2.75, 3.05) is 17.7 Å². The Labute approximate surface area is 186 Å². The summed E-state index contributed by atoms with van der Waals surface area (Å²) < 4.78 is 7.05. The fourth-order valence-electron chi connectivity index (χ4n) is 4.65. The number of methoxy groups -OCH3 is 1. The Morgan fingerprint density at radius 2 is 1.91 bits per heavy atom. The number of carbonyl (C=O) groups excluding carboxylic acids is 1. The van der Waals surface area contributed by atoms with E-state index in [9.17, 15) is 9.59 Å². The maximum atomic E-state index is 12.7. The molecule has 32 heavy (non-hydrogen) atoms. The van der Waals surface area contributed by atoms with Crippen molar-refractivity contribution in [3.05, 3.63) is 64.6 Å². The molecule has 2 aromatic carbocycles. The Morgan fingerprint density at radius 1 is 1.09 bits per heavy atom. The summed E-state index contributed by atoms with van der Waals surface area (Å²) in [6.07, 6.45) is 4.92. The minimum absolute atomic E-state index is 0.0804. The molecular formula is C25H26N4O3. The Morgan fingerprint density at radius 3 is 2.72 bits per heavy atom. The lowest BCUT2D eigenvalue weighted by Crippen LogP contribution is -2.28. The first kappa shape index (κ1) is 20.3. The number of fused-ring (bicyclic) bond motifs is 3. The number of nitrogens with one attached hydrogen (secondary N) is 2. The Bertz CT molecular complexity index is 1230. The molecule has 0 atom stereocenters. The van der Waals surface area contributed by atoms with Crippen molar-refractivity contribution in [3.63, 3.8) is 0 Å². The Hall–Kier alpha value is -3.61. The van der Waals surface area contributed by atoms with Crippen molar-refractivity contribution in [1.82, 2.24) is 9.55 Å². The van der Waals surface area contributed by atoms with Gasteiger partial charge < -0.3 is 15.4 Å². The molecule has 0 radical (unpaired) electrons. The summed E-state index contributed by atoms with van der Waals surface area (Å²) in [5.74, 6) is 1.47. The van der Waals surface area contributed by atoms with Gasteiger partial charge in [-0.25, -0.2) is 4.79 Å².